The molecule has 3 atom stereocenters. The van der Waals surface area contributed by atoms with Crippen LogP contribution in [0.1, 0.15) is 19.6 Å². The number of alkyl halides is 1. The van der Waals surface area contributed by atoms with Gasteiger partial charge in [-0.15, -0.1) is 0 Å². The molecule has 8 heteroatoms. The van der Waals surface area contributed by atoms with E-state index in [1.165, 1.54) is 10.9 Å². The van der Waals surface area contributed by atoms with Crippen molar-refractivity contribution in [2.75, 3.05) is 5.73 Å². The Balaban J connectivity index is 2.13. The number of imidazole rings is 1. The minimum Gasteiger partial charge on any atom is -0.382 e. The molecule has 2 aromatic rings. The lowest BCUT2D eigenvalue weighted by molar-refractivity contribution is -0.00935. The summed E-state index contributed by atoms with van der Waals surface area (Å²) in [7, 11) is 0. The summed E-state index contributed by atoms with van der Waals surface area (Å²) in [5, 5.41) is 0.00297. The monoisotopic (exact) mass is 271 g/mol. The van der Waals surface area contributed by atoms with E-state index < -0.39 is 12.4 Å². The molecule has 1 aliphatic rings. The molecule has 0 aromatic carbocycles. The Morgan fingerprint density at radius 3 is 3.00 bits per heavy atom. The van der Waals surface area contributed by atoms with E-state index in [-0.39, 0.29) is 17.2 Å². The predicted octanol–water partition coefficient (Wildman–Crippen LogP) is 1.71. The lowest BCUT2D eigenvalue weighted by Gasteiger charge is -2.14. The molecule has 2 N–H and O–H groups in total. The van der Waals surface area contributed by atoms with Crippen molar-refractivity contribution in [1.82, 2.24) is 19.5 Å². The summed E-state index contributed by atoms with van der Waals surface area (Å²) in [6, 6.07) is 0. The van der Waals surface area contributed by atoms with Crippen molar-refractivity contribution in [1.29, 1.82) is 0 Å². The number of ether oxygens (including phenoxy) is 1. The molecule has 2 aromatic heterocycles. The van der Waals surface area contributed by atoms with Crippen LogP contribution < -0.4 is 5.73 Å². The summed E-state index contributed by atoms with van der Waals surface area (Å²) in [6.45, 7) is 1.82. The van der Waals surface area contributed by atoms with Gasteiger partial charge in [0, 0.05) is 6.42 Å². The Labute approximate surface area is 107 Å². The van der Waals surface area contributed by atoms with E-state index >= 15 is 0 Å². The summed E-state index contributed by atoms with van der Waals surface area (Å²) in [4.78, 5) is 11.9. The minimum absolute atomic E-state index is 0.00297. The van der Waals surface area contributed by atoms with E-state index in [9.17, 15) is 4.39 Å². The predicted molar refractivity (Wildman–Crippen MR) is 63.8 cm³/mol. The van der Waals surface area contributed by atoms with E-state index in [0.29, 0.717) is 17.6 Å². The summed E-state index contributed by atoms with van der Waals surface area (Å²) in [5.41, 5.74) is 6.47. The van der Waals surface area contributed by atoms with Crippen molar-refractivity contribution in [3.8, 4) is 0 Å². The average Bonchev–Trinajstić information content (AvgIpc) is 2.82. The zero-order valence-electron chi connectivity index (χ0n) is 9.55. The van der Waals surface area contributed by atoms with E-state index in [1.54, 1.807) is 0 Å². The van der Waals surface area contributed by atoms with Gasteiger partial charge in [-0.05, 0) is 18.5 Å². The third-order valence-corrected chi connectivity index (χ3v) is 3.10. The number of nitrogens with zero attached hydrogens (tertiary/aromatic N) is 4. The number of fused-ring (bicyclic) bond motifs is 1. The van der Waals surface area contributed by atoms with Crippen LogP contribution in [0.25, 0.3) is 11.2 Å². The van der Waals surface area contributed by atoms with E-state index in [2.05, 4.69) is 15.0 Å². The standard InChI is InChI=1S/C10H11ClFN5O/c1-4-2-5(12)9(18-4)17-3-14-6-7(13)15-10(11)16-8(6)17/h3-5,9H,2H2,1H3,(H2,13,15,16)/t4-,5+,9?/m1/s1. The summed E-state index contributed by atoms with van der Waals surface area (Å²) >= 11 is 5.75. The van der Waals surface area contributed by atoms with Crippen molar-refractivity contribution in [2.45, 2.75) is 31.8 Å². The number of nitrogen functional groups attached to an aromatic ring is 1. The van der Waals surface area contributed by atoms with Gasteiger partial charge in [-0.2, -0.15) is 9.97 Å². The van der Waals surface area contributed by atoms with Crippen LogP contribution in [0.2, 0.25) is 5.28 Å². The highest BCUT2D eigenvalue weighted by atomic mass is 35.5. The maximum atomic E-state index is 13.8. The number of hydrogen-bond donors (Lipinski definition) is 1. The van der Waals surface area contributed by atoms with Crippen LogP contribution in [-0.4, -0.2) is 31.8 Å². The second-order valence-electron chi connectivity index (χ2n) is 4.29. The van der Waals surface area contributed by atoms with Crippen molar-refractivity contribution >= 4 is 28.6 Å². The molecule has 0 spiro atoms. The molecule has 18 heavy (non-hydrogen) atoms. The van der Waals surface area contributed by atoms with Crippen molar-refractivity contribution in [3.05, 3.63) is 11.6 Å². The van der Waals surface area contributed by atoms with Crippen LogP contribution in [0.3, 0.4) is 0 Å². The first-order valence-electron chi connectivity index (χ1n) is 5.51. The van der Waals surface area contributed by atoms with E-state index in [0.717, 1.165) is 0 Å². The Morgan fingerprint density at radius 2 is 2.33 bits per heavy atom. The Hall–Kier alpha value is -1.47. The molecule has 96 valence electrons. The second-order valence-corrected chi connectivity index (χ2v) is 4.63. The zero-order valence-corrected chi connectivity index (χ0v) is 10.3. The largest absolute Gasteiger partial charge is 0.382 e. The fourth-order valence-electron chi connectivity index (χ4n) is 2.15. The molecule has 3 rings (SSSR count). The summed E-state index contributed by atoms with van der Waals surface area (Å²) in [6.07, 6.45) is -0.195. The number of nitrogens with two attached hydrogens (primary N) is 1. The van der Waals surface area contributed by atoms with Gasteiger partial charge in [-0.3, -0.25) is 4.57 Å². The third-order valence-electron chi connectivity index (χ3n) is 2.93. The van der Waals surface area contributed by atoms with Gasteiger partial charge in [0.05, 0.1) is 12.4 Å². The van der Waals surface area contributed by atoms with Gasteiger partial charge >= 0.3 is 0 Å². The van der Waals surface area contributed by atoms with Crippen molar-refractivity contribution in [3.63, 3.8) is 0 Å². The van der Waals surface area contributed by atoms with Crippen LogP contribution >= 0.6 is 11.6 Å². The van der Waals surface area contributed by atoms with E-state index in [4.69, 9.17) is 22.1 Å². The maximum absolute atomic E-state index is 13.8. The number of halogens is 2. The molecule has 6 nitrogen and oxygen atoms in total. The molecule has 3 heterocycles. The van der Waals surface area contributed by atoms with Gasteiger partial charge in [0.25, 0.3) is 0 Å². The second kappa shape index (κ2) is 4.03. The number of aromatic nitrogens is 4. The zero-order chi connectivity index (χ0) is 12.9. The lowest BCUT2D eigenvalue weighted by atomic mass is 10.2. The first-order valence-corrected chi connectivity index (χ1v) is 5.89. The van der Waals surface area contributed by atoms with Crippen LogP contribution in [-0.2, 0) is 4.74 Å². The summed E-state index contributed by atoms with van der Waals surface area (Å²) < 4.78 is 20.9. The third kappa shape index (κ3) is 1.70. The molecule has 1 fully saturated rings. The molecule has 0 amide bonds. The molecule has 1 unspecified atom stereocenters. The quantitative estimate of drug-likeness (QED) is 0.799. The fourth-order valence-corrected chi connectivity index (χ4v) is 2.32. The van der Waals surface area contributed by atoms with Gasteiger partial charge in [0.2, 0.25) is 5.28 Å². The Morgan fingerprint density at radius 1 is 1.56 bits per heavy atom. The van der Waals surface area contributed by atoms with Gasteiger partial charge < -0.3 is 10.5 Å². The topological polar surface area (TPSA) is 78.9 Å². The van der Waals surface area contributed by atoms with Gasteiger partial charge in [-0.1, -0.05) is 0 Å². The highest BCUT2D eigenvalue weighted by Gasteiger charge is 2.35. The number of rotatable bonds is 1. The first-order chi connectivity index (χ1) is 8.56. The van der Waals surface area contributed by atoms with E-state index in [1.807, 2.05) is 6.92 Å². The molecular weight excluding hydrogens is 261 g/mol. The SMILES string of the molecule is C[C@@H]1C[C@H](F)C(n2cnc3c(N)nc(Cl)nc32)O1. The van der Waals surface area contributed by atoms with Crippen LogP contribution in [0, 0.1) is 0 Å². The number of hydrogen-bond acceptors (Lipinski definition) is 5. The molecule has 0 saturated carbocycles. The van der Waals surface area contributed by atoms with Crippen LogP contribution in [0.4, 0.5) is 10.2 Å². The fraction of sp³-hybridized carbons (Fsp3) is 0.500. The van der Waals surface area contributed by atoms with Crippen molar-refractivity contribution in [2.24, 2.45) is 0 Å². The van der Waals surface area contributed by atoms with Crippen molar-refractivity contribution < 1.29 is 9.13 Å². The lowest BCUT2D eigenvalue weighted by Crippen LogP contribution is -2.16. The Kier molecular flexibility index (Phi) is 2.60. The highest BCUT2D eigenvalue weighted by molar-refractivity contribution is 6.28. The van der Waals surface area contributed by atoms with Gasteiger partial charge in [0.1, 0.15) is 11.7 Å². The smallest absolute Gasteiger partial charge is 0.226 e. The highest BCUT2D eigenvalue weighted by Crippen LogP contribution is 2.33. The molecule has 0 bridgehead atoms. The summed E-state index contributed by atoms with van der Waals surface area (Å²) in [5.74, 6) is 0.171. The maximum Gasteiger partial charge on any atom is 0.226 e. The van der Waals surface area contributed by atoms with Crippen LogP contribution in [0.5, 0.6) is 0 Å². The number of anilines is 1. The molecular formula is C10H11ClFN5O. The molecule has 1 saturated heterocycles. The molecule has 1 aliphatic heterocycles. The Bertz CT molecular complexity index is 603. The molecule has 0 aliphatic carbocycles. The first kappa shape index (κ1) is 11.6. The van der Waals surface area contributed by atoms with Gasteiger partial charge in [0.15, 0.2) is 17.7 Å². The normalized spacial score (nSPS) is 28.1. The average molecular weight is 272 g/mol. The molecule has 0 radical (unpaired) electrons. The van der Waals surface area contributed by atoms with Gasteiger partial charge in [-0.25, -0.2) is 9.37 Å². The minimum atomic E-state index is -1.10. The van der Waals surface area contributed by atoms with Crippen LogP contribution in [0.15, 0.2) is 6.33 Å².